The number of aliphatic hydroxyl groups is 1. The van der Waals surface area contributed by atoms with Crippen LogP contribution in [0.2, 0.25) is 0 Å². The summed E-state index contributed by atoms with van der Waals surface area (Å²) in [5, 5.41) is 14.9. The molecular weight excluding hydrogens is 1250 g/mol. The zero-order valence-corrected chi connectivity index (χ0v) is 62.0. The van der Waals surface area contributed by atoms with Gasteiger partial charge in [-0.3, -0.25) is 23.2 Å². The lowest BCUT2D eigenvalue weighted by molar-refractivity contribution is -0.329. The Bertz CT molecular complexity index is 1980. The van der Waals surface area contributed by atoms with E-state index in [0.717, 1.165) is 116 Å². The highest BCUT2D eigenvalue weighted by molar-refractivity contribution is 7.48. The minimum Gasteiger partial charge on any atom is -0.430 e. The van der Waals surface area contributed by atoms with E-state index >= 15 is 0 Å². The van der Waals surface area contributed by atoms with Crippen LogP contribution in [0, 0.1) is 0 Å². The standard InChI is InChI=1S/C76H138NO18P/c1-10-17-21-25-28-31-32-33-34-35-36-37-39-42-46-50-58-86-73-72(87-59-53-64(84-9)52-48-43-24-20-13-4)70(95-96(82,90-55-15-6)91-56-16-7)65(61-83-8)93-75(73)89-62-66-69(94-76(81)88-54-14-5)71(85-57-49-45-41-30-27-23-19-12-3)68(74(80)92-66)77-67(79)60-63(78)51-47-44-40-38-29-26-22-18-11-2/h14-16,31-32,64-66,68-75,80H,5-7,10-13,17-30,33-62H2,1-4,8-9H3,(H,77,79)/b32-31-/t64-,65+,66+,68-,69+,70+,71+,72-,73+,74-,75+/m0/s1. The van der Waals surface area contributed by atoms with Crippen LogP contribution in [0.15, 0.2) is 50.1 Å². The van der Waals surface area contributed by atoms with Crippen LogP contribution in [-0.4, -0.2) is 157 Å². The molecule has 0 saturated carbocycles. The molecule has 0 aromatic carbocycles. The first-order chi connectivity index (χ1) is 46.9. The van der Waals surface area contributed by atoms with Gasteiger partial charge in [0.2, 0.25) is 5.91 Å². The summed E-state index contributed by atoms with van der Waals surface area (Å²) in [5.74, 6) is -0.855. The first-order valence-corrected chi connectivity index (χ1v) is 39.5. The molecule has 0 spiro atoms. The number of ether oxygens (including phenoxy) is 10. The van der Waals surface area contributed by atoms with Crippen LogP contribution in [0.1, 0.15) is 285 Å². The fourth-order valence-corrected chi connectivity index (χ4v) is 13.5. The van der Waals surface area contributed by atoms with Crippen molar-refractivity contribution < 1.29 is 85.0 Å². The fourth-order valence-electron chi connectivity index (χ4n) is 12.2. The van der Waals surface area contributed by atoms with Crippen molar-refractivity contribution in [1.29, 1.82) is 0 Å². The van der Waals surface area contributed by atoms with Crippen molar-refractivity contribution >= 4 is 25.7 Å². The number of allylic oxidation sites excluding steroid dienone is 2. The first kappa shape index (κ1) is 89.2. The Labute approximate surface area is 582 Å². The van der Waals surface area contributed by atoms with E-state index in [9.17, 15) is 24.1 Å². The first-order valence-electron chi connectivity index (χ1n) is 38.1. The van der Waals surface area contributed by atoms with E-state index in [4.69, 9.17) is 60.9 Å². The van der Waals surface area contributed by atoms with Gasteiger partial charge in [0.05, 0.1) is 39.0 Å². The summed E-state index contributed by atoms with van der Waals surface area (Å²) in [6, 6.07) is -1.30. The van der Waals surface area contributed by atoms with Crippen molar-refractivity contribution in [3.05, 3.63) is 50.1 Å². The van der Waals surface area contributed by atoms with Gasteiger partial charge in [-0.25, -0.2) is 9.36 Å². The second kappa shape index (κ2) is 60.8. The van der Waals surface area contributed by atoms with Gasteiger partial charge in [0.15, 0.2) is 18.7 Å². The minimum atomic E-state index is -4.41. The van der Waals surface area contributed by atoms with Crippen LogP contribution >= 0.6 is 7.82 Å². The number of aliphatic hydroxyl groups excluding tert-OH is 1. The van der Waals surface area contributed by atoms with Crippen LogP contribution < -0.4 is 5.32 Å². The van der Waals surface area contributed by atoms with Crippen LogP contribution in [0.5, 0.6) is 0 Å². The Morgan fingerprint density at radius 1 is 0.510 bits per heavy atom. The molecule has 2 rings (SSSR count). The molecule has 0 bridgehead atoms. The summed E-state index contributed by atoms with van der Waals surface area (Å²) in [6.07, 6.45) is 37.1. The van der Waals surface area contributed by atoms with Crippen LogP contribution in [-0.2, 0) is 75.1 Å². The van der Waals surface area contributed by atoms with E-state index < -0.39 is 94.3 Å². The summed E-state index contributed by atoms with van der Waals surface area (Å²) >= 11 is 0. The molecule has 0 radical (unpaired) electrons. The van der Waals surface area contributed by atoms with Crippen molar-refractivity contribution in [3.63, 3.8) is 0 Å². The normalized spacial score (nSPS) is 21.7. The molecule has 2 aliphatic heterocycles. The van der Waals surface area contributed by atoms with Gasteiger partial charge in [0, 0.05) is 40.5 Å². The molecule has 1 amide bonds. The number of hydrogen-bond acceptors (Lipinski definition) is 18. The van der Waals surface area contributed by atoms with Gasteiger partial charge in [-0.2, -0.15) is 0 Å². The van der Waals surface area contributed by atoms with Crippen LogP contribution in [0.3, 0.4) is 0 Å². The predicted molar refractivity (Wildman–Crippen MR) is 382 cm³/mol. The number of nitrogens with one attached hydrogen (secondary N) is 1. The van der Waals surface area contributed by atoms with Crippen molar-refractivity contribution in [1.82, 2.24) is 5.32 Å². The second-order valence-electron chi connectivity index (χ2n) is 26.2. The van der Waals surface area contributed by atoms with Crippen LogP contribution in [0.4, 0.5) is 4.79 Å². The second-order valence-corrected chi connectivity index (χ2v) is 27.8. The molecule has 20 heteroatoms. The fraction of sp³-hybridized carbons (Fsp3) is 0.855. The summed E-state index contributed by atoms with van der Waals surface area (Å²) in [5.41, 5.74) is 0. The Balaban J connectivity index is 2.61. The van der Waals surface area contributed by atoms with E-state index in [0.29, 0.717) is 25.7 Å². The molecule has 2 N–H and O–H groups in total. The van der Waals surface area contributed by atoms with E-state index in [2.05, 4.69) is 64.9 Å². The molecule has 0 unspecified atom stereocenters. The molecule has 0 aromatic heterocycles. The molecule has 19 nitrogen and oxygen atoms in total. The van der Waals surface area contributed by atoms with Crippen molar-refractivity contribution in [2.75, 3.05) is 67.1 Å². The number of unbranched alkanes of at least 4 members (excludes halogenated alkanes) is 31. The zero-order chi connectivity index (χ0) is 70.0. The highest BCUT2D eigenvalue weighted by Crippen LogP contribution is 2.53. The number of hydrogen-bond donors (Lipinski definition) is 2. The lowest BCUT2D eigenvalue weighted by Gasteiger charge is -2.47. The number of methoxy groups -OCH3 is 2. The van der Waals surface area contributed by atoms with Crippen LogP contribution in [0.25, 0.3) is 0 Å². The average Bonchev–Trinajstić information content (AvgIpc) is 0.790. The number of carbonyl (C=O) groups is 3. The van der Waals surface area contributed by atoms with Crippen molar-refractivity contribution in [2.24, 2.45) is 0 Å². The Morgan fingerprint density at radius 2 is 0.979 bits per heavy atom. The third-order valence-electron chi connectivity index (χ3n) is 17.7. The van der Waals surface area contributed by atoms with Crippen molar-refractivity contribution in [2.45, 2.75) is 352 Å². The minimum absolute atomic E-state index is 0.106. The third-order valence-corrected chi connectivity index (χ3v) is 19.2. The number of carbonyl (C=O) groups excluding carboxylic acids is 3. The van der Waals surface area contributed by atoms with E-state index in [1.807, 2.05) is 0 Å². The molecule has 2 fully saturated rings. The van der Waals surface area contributed by atoms with Gasteiger partial charge < -0.3 is 57.8 Å². The van der Waals surface area contributed by atoms with Gasteiger partial charge in [0.25, 0.3) is 0 Å². The van der Waals surface area contributed by atoms with Gasteiger partial charge in [-0.05, 0) is 57.8 Å². The lowest BCUT2D eigenvalue weighted by Crippen LogP contribution is -2.66. The smallest absolute Gasteiger partial charge is 0.430 e. The van der Waals surface area contributed by atoms with E-state index in [-0.39, 0.29) is 64.6 Å². The van der Waals surface area contributed by atoms with Crippen molar-refractivity contribution in [3.8, 4) is 0 Å². The molecular formula is C76H138NO18P. The van der Waals surface area contributed by atoms with Gasteiger partial charge in [0.1, 0.15) is 55.1 Å². The maximum atomic E-state index is 14.7. The third kappa shape index (κ3) is 42.4. The summed E-state index contributed by atoms with van der Waals surface area (Å²) in [4.78, 5) is 40.9. The maximum Gasteiger partial charge on any atom is 0.509 e. The summed E-state index contributed by atoms with van der Waals surface area (Å²) in [6.45, 7) is 19.6. The largest absolute Gasteiger partial charge is 0.509 e. The molecule has 0 aliphatic carbocycles. The molecule has 96 heavy (non-hydrogen) atoms. The number of Topliss-reactive ketones (excluding diaryl/α,β-unsaturated/α-hetero) is 1. The molecule has 560 valence electrons. The van der Waals surface area contributed by atoms with E-state index in [1.54, 1.807) is 7.11 Å². The SMILES string of the molecule is C=CCOC(=O)O[C@H]1[C@H](OCCCCCCCCCC)[C@H](NC(=O)CC(=O)CCCCCCCCCCC)[C@@H](O)O[C@@H]1CO[C@@H]1O[C@H](COC)[C@@H](OP(=O)(OCC=C)OCC=C)[C@H](OCC[C@H](CCCCCCC)OC)[C@H]1OCCCCCCCCCC/C=C\CCCCCC. The summed E-state index contributed by atoms with van der Waals surface area (Å²) in [7, 11) is -1.22. The van der Waals surface area contributed by atoms with E-state index in [1.165, 1.54) is 128 Å². The highest BCUT2D eigenvalue weighted by Gasteiger charge is 2.54. The highest BCUT2D eigenvalue weighted by atomic mass is 31.2. The molecule has 2 heterocycles. The number of phosphoric acid groups is 1. The van der Waals surface area contributed by atoms with Gasteiger partial charge >= 0.3 is 14.0 Å². The van der Waals surface area contributed by atoms with Gasteiger partial charge in [-0.15, -0.1) is 13.2 Å². The predicted octanol–water partition coefficient (Wildman–Crippen LogP) is 18.2. The Morgan fingerprint density at radius 3 is 1.50 bits per heavy atom. The average molecular weight is 1380 g/mol. The molecule has 2 aliphatic rings. The topological polar surface area (TPSA) is 221 Å². The number of rotatable bonds is 67. The summed E-state index contributed by atoms with van der Waals surface area (Å²) < 4.78 is 96.3. The molecule has 0 aromatic rings. The molecule has 2 saturated heterocycles. The molecule has 11 atom stereocenters. The zero-order valence-electron chi connectivity index (χ0n) is 61.1. The lowest BCUT2D eigenvalue weighted by atomic mass is 9.95. The monoisotopic (exact) mass is 1380 g/mol. The quantitative estimate of drug-likeness (QED) is 0.0190. The Hall–Kier alpha value is -2.88. The Kier molecular flexibility index (Phi) is 56.5. The maximum absolute atomic E-state index is 14.7. The number of amides is 1. The van der Waals surface area contributed by atoms with Gasteiger partial charge in [-0.1, -0.05) is 251 Å². The number of phosphoric ester groups is 1. The number of ketones is 1.